The fourth-order valence-electron chi connectivity index (χ4n) is 2.76. The fraction of sp³-hybridized carbons (Fsp3) is 0.417. The molecule has 1 aliphatic carbocycles. The molecule has 2 aliphatic rings. The molecule has 1 atom stereocenters. The van der Waals surface area contributed by atoms with Gasteiger partial charge in [0.2, 0.25) is 0 Å². The lowest BCUT2D eigenvalue weighted by Gasteiger charge is -2.30. The van der Waals surface area contributed by atoms with Crippen LogP contribution in [0.4, 0.5) is 4.79 Å². The number of urea groups is 1. The summed E-state index contributed by atoms with van der Waals surface area (Å²) >= 11 is 1.62. The fourth-order valence-corrected chi connectivity index (χ4v) is 3.76. The molecule has 1 aromatic heterocycles. The number of nitriles is 1. The molecule has 0 unspecified atom stereocenters. The van der Waals surface area contributed by atoms with Gasteiger partial charge in [0.1, 0.15) is 12.1 Å². The van der Waals surface area contributed by atoms with Gasteiger partial charge in [0.05, 0.1) is 6.07 Å². The minimum Gasteiger partial charge on any atom is -0.319 e. The summed E-state index contributed by atoms with van der Waals surface area (Å²) in [6.07, 6.45) is 2.44. The highest BCUT2D eigenvalue weighted by Gasteiger charge is 2.54. The van der Waals surface area contributed by atoms with Crippen LogP contribution in [0.2, 0.25) is 0 Å². The molecular weight excluding hydrogens is 250 g/mol. The summed E-state index contributed by atoms with van der Waals surface area (Å²) in [5, 5.41) is 13.4. The second kappa shape index (κ2) is 3.82. The van der Waals surface area contributed by atoms with Crippen molar-refractivity contribution in [1.29, 1.82) is 5.26 Å². The number of aryl methyl sites for hydroxylation is 1. The topological polar surface area (TPSA) is 73.2 Å². The SMILES string of the molecule is N#CCN1C(=O)N[C@@]2(CCCc3sccc32)C1=O. The van der Waals surface area contributed by atoms with Gasteiger partial charge in [0, 0.05) is 10.4 Å². The van der Waals surface area contributed by atoms with Crippen molar-refractivity contribution in [3.8, 4) is 6.07 Å². The van der Waals surface area contributed by atoms with Crippen LogP contribution in [-0.2, 0) is 16.8 Å². The van der Waals surface area contributed by atoms with E-state index in [1.54, 1.807) is 11.3 Å². The van der Waals surface area contributed by atoms with Crippen LogP contribution < -0.4 is 5.32 Å². The Bertz CT molecular complexity index is 574. The molecule has 3 rings (SSSR count). The van der Waals surface area contributed by atoms with E-state index in [-0.39, 0.29) is 12.5 Å². The maximum atomic E-state index is 12.4. The van der Waals surface area contributed by atoms with Gasteiger partial charge >= 0.3 is 6.03 Å². The van der Waals surface area contributed by atoms with Crippen molar-refractivity contribution in [2.24, 2.45) is 0 Å². The molecular formula is C12H11N3O2S. The number of carbonyl (C=O) groups excluding carboxylic acids is 2. The second-order valence-electron chi connectivity index (χ2n) is 4.50. The molecule has 2 heterocycles. The van der Waals surface area contributed by atoms with E-state index in [0.717, 1.165) is 28.2 Å². The number of thiophene rings is 1. The highest BCUT2D eigenvalue weighted by atomic mass is 32.1. The molecule has 0 aromatic carbocycles. The second-order valence-corrected chi connectivity index (χ2v) is 5.50. The first-order chi connectivity index (χ1) is 8.69. The largest absolute Gasteiger partial charge is 0.326 e. The highest BCUT2D eigenvalue weighted by molar-refractivity contribution is 7.10. The van der Waals surface area contributed by atoms with E-state index < -0.39 is 11.6 Å². The van der Waals surface area contributed by atoms with Gasteiger partial charge in [-0.2, -0.15) is 5.26 Å². The maximum absolute atomic E-state index is 12.4. The average Bonchev–Trinajstić information content (AvgIpc) is 2.91. The minimum absolute atomic E-state index is 0.189. The summed E-state index contributed by atoms with van der Waals surface area (Å²) in [7, 11) is 0. The number of carbonyl (C=O) groups is 2. The van der Waals surface area contributed by atoms with Crippen LogP contribution >= 0.6 is 11.3 Å². The first-order valence-corrected chi connectivity index (χ1v) is 6.65. The van der Waals surface area contributed by atoms with Crippen molar-refractivity contribution >= 4 is 23.3 Å². The van der Waals surface area contributed by atoms with E-state index in [0.29, 0.717) is 6.42 Å². The smallest absolute Gasteiger partial charge is 0.319 e. The number of amides is 3. The molecule has 0 bridgehead atoms. The first kappa shape index (κ1) is 11.2. The van der Waals surface area contributed by atoms with Gasteiger partial charge in [-0.05, 0) is 30.7 Å². The lowest BCUT2D eigenvalue weighted by molar-refractivity contribution is -0.131. The Labute approximate surface area is 108 Å². The number of hydrogen-bond acceptors (Lipinski definition) is 4. The Morgan fingerprint density at radius 1 is 1.56 bits per heavy atom. The van der Waals surface area contributed by atoms with Gasteiger partial charge < -0.3 is 5.32 Å². The number of nitrogens with zero attached hydrogens (tertiary/aromatic N) is 2. The molecule has 1 aliphatic heterocycles. The third kappa shape index (κ3) is 1.31. The van der Waals surface area contributed by atoms with Crippen LogP contribution in [0, 0.1) is 11.3 Å². The van der Waals surface area contributed by atoms with Gasteiger partial charge in [0.25, 0.3) is 5.91 Å². The van der Waals surface area contributed by atoms with Crippen LogP contribution in [0.3, 0.4) is 0 Å². The summed E-state index contributed by atoms with van der Waals surface area (Å²) < 4.78 is 0. The lowest BCUT2D eigenvalue weighted by atomic mass is 9.80. The van der Waals surface area contributed by atoms with E-state index in [1.165, 1.54) is 0 Å². The molecule has 3 amide bonds. The average molecular weight is 261 g/mol. The number of rotatable bonds is 1. The Morgan fingerprint density at radius 3 is 3.17 bits per heavy atom. The third-order valence-electron chi connectivity index (χ3n) is 3.57. The molecule has 1 saturated heterocycles. The van der Waals surface area contributed by atoms with Gasteiger partial charge in [-0.15, -0.1) is 11.3 Å². The summed E-state index contributed by atoms with van der Waals surface area (Å²) in [5.41, 5.74) is -0.000773. The highest BCUT2D eigenvalue weighted by Crippen LogP contribution is 2.41. The molecule has 0 radical (unpaired) electrons. The predicted molar refractivity (Wildman–Crippen MR) is 64.8 cm³/mol. The van der Waals surface area contributed by atoms with Gasteiger partial charge in [-0.1, -0.05) is 0 Å². The molecule has 92 valence electrons. The molecule has 5 nitrogen and oxygen atoms in total. The Morgan fingerprint density at radius 2 is 2.39 bits per heavy atom. The first-order valence-electron chi connectivity index (χ1n) is 5.77. The Hall–Kier alpha value is -1.87. The van der Waals surface area contributed by atoms with E-state index >= 15 is 0 Å². The monoisotopic (exact) mass is 261 g/mol. The van der Waals surface area contributed by atoms with Crippen molar-refractivity contribution in [3.63, 3.8) is 0 Å². The Kier molecular flexibility index (Phi) is 2.38. The molecule has 0 saturated carbocycles. The van der Waals surface area contributed by atoms with E-state index in [9.17, 15) is 9.59 Å². The van der Waals surface area contributed by atoms with Crippen LogP contribution in [0.5, 0.6) is 0 Å². The molecule has 1 spiro atoms. The van der Waals surface area contributed by atoms with Crippen LogP contribution in [0.15, 0.2) is 11.4 Å². The zero-order valence-electron chi connectivity index (χ0n) is 9.60. The van der Waals surface area contributed by atoms with Gasteiger partial charge in [0.15, 0.2) is 0 Å². The summed E-state index contributed by atoms with van der Waals surface area (Å²) in [4.78, 5) is 26.4. The maximum Gasteiger partial charge on any atom is 0.326 e. The van der Waals surface area contributed by atoms with E-state index in [2.05, 4.69) is 5.32 Å². The van der Waals surface area contributed by atoms with Crippen molar-refractivity contribution < 1.29 is 9.59 Å². The minimum atomic E-state index is -0.915. The molecule has 1 N–H and O–H groups in total. The van der Waals surface area contributed by atoms with Gasteiger partial charge in [-0.3, -0.25) is 4.79 Å². The zero-order valence-corrected chi connectivity index (χ0v) is 10.4. The summed E-state index contributed by atoms with van der Waals surface area (Å²) in [6, 6.07) is 3.31. The normalized spacial score (nSPS) is 26.1. The number of nitrogens with one attached hydrogen (secondary N) is 1. The summed E-state index contributed by atoms with van der Waals surface area (Å²) in [5.74, 6) is -0.284. The van der Waals surface area contributed by atoms with E-state index in [4.69, 9.17) is 5.26 Å². The number of imide groups is 1. The lowest BCUT2D eigenvalue weighted by Crippen LogP contribution is -2.46. The summed E-state index contributed by atoms with van der Waals surface area (Å²) in [6.45, 7) is -0.189. The number of hydrogen-bond donors (Lipinski definition) is 1. The van der Waals surface area contributed by atoms with Gasteiger partial charge in [-0.25, -0.2) is 9.69 Å². The number of fused-ring (bicyclic) bond motifs is 2. The molecule has 18 heavy (non-hydrogen) atoms. The van der Waals surface area contributed by atoms with E-state index in [1.807, 2.05) is 17.5 Å². The molecule has 1 aromatic rings. The van der Waals surface area contributed by atoms with Crippen molar-refractivity contribution in [3.05, 3.63) is 21.9 Å². The van der Waals surface area contributed by atoms with Crippen molar-refractivity contribution in [2.75, 3.05) is 6.54 Å². The molecule has 6 heteroatoms. The van der Waals surface area contributed by atoms with Crippen LogP contribution in [0.25, 0.3) is 0 Å². The standard InChI is InChI=1S/C12H11N3O2S/c13-5-6-15-10(16)12(14-11(15)17)4-1-2-9-8(12)3-7-18-9/h3,7H,1-2,4,6H2,(H,14,17)/t12-/m1/s1. The van der Waals surface area contributed by atoms with Crippen molar-refractivity contribution in [1.82, 2.24) is 10.2 Å². The predicted octanol–water partition coefficient (Wildman–Crippen LogP) is 1.36. The third-order valence-corrected chi connectivity index (χ3v) is 4.55. The van der Waals surface area contributed by atoms with Crippen molar-refractivity contribution in [2.45, 2.75) is 24.8 Å². The molecule has 1 fully saturated rings. The van der Waals surface area contributed by atoms with Crippen LogP contribution in [-0.4, -0.2) is 23.4 Å². The zero-order chi connectivity index (χ0) is 12.8. The quantitative estimate of drug-likeness (QED) is 0.612. The van der Waals surface area contributed by atoms with Crippen LogP contribution in [0.1, 0.15) is 23.3 Å². The Balaban J connectivity index is 2.07.